The van der Waals surface area contributed by atoms with Crippen molar-refractivity contribution in [2.24, 2.45) is 5.73 Å². The smallest absolute Gasteiger partial charge is 0.176 e. The van der Waals surface area contributed by atoms with Crippen LogP contribution in [0.2, 0.25) is 5.02 Å². The number of rotatable bonds is 4. The van der Waals surface area contributed by atoms with Crippen LogP contribution in [0.4, 0.5) is 0 Å². The quantitative estimate of drug-likeness (QED) is 0.828. The average Bonchev–Trinajstić information content (AvgIpc) is 2.16. The van der Waals surface area contributed by atoms with Gasteiger partial charge >= 0.3 is 0 Å². The Morgan fingerprint density at radius 1 is 1.44 bits per heavy atom. The summed E-state index contributed by atoms with van der Waals surface area (Å²) in [7, 11) is -3.47. The van der Waals surface area contributed by atoms with Gasteiger partial charge in [0.05, 0.1) is 15.5 Å². The van der Waals surface area contributed by atoms with Crippen molar-refractivity contribution in [1.82, 2.24) is 0 Å². The topological polar surface area (TPSA) is 77.2 Å². The number of sulfone groups is 1. The van der Waals surface area contributed by atoms with E-state index in [1.54, 1.807) is 0 Å². The first-order chi connectivity index (χ1) is 7.38. The lowest BCUT2D eigenvalue weighted by Gasteiger charge is -2.08. The van der Waals surface area contributed by atoms with Gasteiger partial charge in [-0.1, -0.05) is 17.7 Å². The number of halogens is 1. The van der Waals surface area contributed by atoms with Gasteiger partial charge in [-0.3, -0.25) is 4.79 Å². The minimum atomic E-state index is -3.47. The van der Waals surface area contributed by atoms with Crippen molar-refractivity contribution in [3.63, 3.8) is 0 Å². The molecule has 4 nitrogen and oxygen atoms in total. The van der Waals surface area contributed by atoms with Crippen LogP contribution in [0.15, 0.2) is 23.1 Å². The lowest BCUT2D eigenvalue weighted by atomic mass is 10.1. The van der Waals surface area contributed by atoms with Gasteiger partial charge in [0, 0.05) is 12.7 Å². The molecule has 88 valence electrons. The summed E-state index contributed by atoms with van der Waals surface area (Å²) < 4.78 is 22.9. The maximum absolute atomic E-state index is 11.7. The Morgan fingerprint density at radius 3 is 2.56 bits per heavy atom. The van der Waals surface area contributed by atoms with Gasteiger partial charge in [-0.15, -0.1) is 0 Å². The Kier molecular flexibility index (Phi) is 4.07. The number of Topliss-reactive ketones (excluding diaryl/α,β-unsaturated/α-hetero) is 1. The highest BCUT2D eigenvalue weighted by atomic mass is 35.5. The zero-order valence-corrected chi connectivity index (χ0v) is 10.3. The minimum absolute atomic E-state index is 0.0390. The first-order valence-corrected chi connectivity index (χ1v) is 6.86. The molecule has 6 heteroatoms. The lowest BCUT2D eigenvalue weighted by Crippen LogP contribution is -2.13. The molecule has 0 aliphatic heterocycles. The van der Waals surface area contributed by atoms with Gasteiger partial charge in [0.25, 0.3) is 0 Å². The third kappa shape index (κ3) is 2.81. The van der Waals surface area contributed by atoms with Crippen LogP contribution < -0.4 is 5.73 Å². The van der Waals surface area contributed by atoms with Gasteiger partial charge in [-0.05, 0) is 18.7 Å². The first kappa shape index (κ1) is 13.2. The summed E-state index contributed by atoms with van der Waals surface area (Å²) >= 11 is 5.84. The Hall–Kier alpha value is -0.910. The van der Waals surface area contributed by atoms with E-state index in [-0.39, 0.29) is 34.2 Å². The number of benzene rings is 1. The number of carbonyl (C=O) groups excluding carboxylic acids is 1. The molecule has 16 heavy (non-hydrogen) atoms. The summed E-state index contributed by atoms with van der Waals surface area (Å²) in [6.07, 6.45) is 1.12. The molecule has 0 atom stereocenters. The summed E-state index contributed by atoms with van der Waals surface area (Å²) in [6, 6.07) is 4.35. The highest BCUT2D eigenvalue weighted by Crippen LogP contribution is 2.25. The summed E-state index contributed by atoms with van der Waals surface area (Å²) in [4.78, 5) is 11.7. The summed E-state index contributed by atoms with van der Waals surface area (Å²) in [5.74, 6) is -0.353. The molecule has 0 heterocycles. The summed E-state index contributed by atoms with van der Waals surface area (Å²) in [5, 5.41) is 0.140. The van der Waals surface area contributed by atoms with E-state index in [0.29, 0.717) is 0 Å². The fourth-order valence-electron chi connectivity index (χ4n) is 1.34. The molecule has 0 aromatic heterocycles. The third-order valence-corrected chi connectivity index (χ3v) is 3.48. The second-order valence-electron chi connectivity index (χ2n) is 3.35. The zero-order valence-electron chi connectivity index (χ0n) is 8.73. The SMILES string of the molecule is CS(=O)(=O)c1cccc(Cl)c1C(=O)CCN. The van der Waals surface area contributed by atoms with Crippen molar-refractivity contribution in [2.75, 3.05) is 12.8 Å². The van der Waals surface area contributed by atoms with Crippen LogP contribution in [-0.2, 0) is 9.84 Å². The van der Waals surface area contributed by atoms with E-state index in [0.717, 1.165) is 6.26 Å². The van der Waals surface area contributed by atoms with Crippen LogP contribution in [-0.4, -0.2) is 27.0 Å². The molecule has 0 amide bonds. The van der Waals surface area contributed by atoms with Gasteiger partial charge in [-0.2, -0.15) is 0 Å². The molecule has 0 fully saturated rings. The average molecular weight is 262 g/mol. The molecule has 0 saturated heterocycles. The molecule has 0 bridgehead atoms. The second-order valence-corrected chi connectivity index (χ2v) is 5.74. The van der Waals surface area contributed by atoms with Crippen molar-refractivity contribution < 1.29 is 13.2 Å². The van der Waals surface area contributed by atoms with Gasteiger partial charge in [0.2, 0.25) is 0 Å². The van der Waals surface area contributed by atoms with Crippen molar-refractivity contribution >= 4 is 27.2 Å². The molecule has 0 radical (unpaired) electrons. The van der Waals surface area contributed by atoms with Crippen molar-refractivity contribution in [1.29, 1.82) is 0 Å². The predicted molar refractivity (Wildman–Crippen MR) is 62.6 cm³/mol. The molecule has 0 aliphatic carbocycles. The van der Waals surface area contributed by atoms with Crippen LogP contribution in [0, 0.1) is 0 Å². The monoisotopic (exact) mass is 261 g/mol. The van der Waals surface area contributed by atoms with Crippen LogP contribution >= 0.6 is 11.6 Å². The number of carbonyl (C=O) groups is 1. The van der Waals surface area contributed by atoms with E-state index in [4.69, 9.17) is 17.3 Å². The maximum atomic E-state index is 11.7. The minimum Gasteiger partial charge on any atom is -0.330 e. The fraction of sp³-hybridized carbons (Fsp3) is 0.300. The number of nitrogens with two attached hydrogens (primary N) is 1. The van der Waals surface area contributed by atoms with E-state index in [9.17, 15) is 13.2 Å². The number of hydrogen-bond acceptors (Lipinski definition) is 4. The summed E-state index contributed by atoms with van der Waals surface area (Å²) in [5.41, 5.74) is 5.30. The van der Waals surface area contributed by atoms with Crippen LogP contribution in [0.3, 0.4) is 0 Å². The highest BCUT2D eigenvalue weighted by Gasteiger charge is 2.20. The van der Waals surface area contributed by atoms with Crippen LogP contribution in [0.5, 0.6) is 0 Å². The molecule has 0 spiro atoms. The standard InChI is InChI=1S/C10H12ClNO3S/c1-16(14,15)9-4-2-3-7(11)10(9)8(13)5-6-12/h2-4H,5-6,12H2,1H3. The molecule has 0 saturated carbocycles. The fourth-order valence-corrected chi connectivity index (χ4v) is 2.60. The number of hydrogen-bond donors (Lipinski definition) is 1. The van der Waals surface area contributed by atoms with E-state index in [1.807, 2.05) is 0 Å². The molecule has 1 aromatic carbocycles. The Balaban J connectivity index is 3.41. The molecular formula is C10H12ClNO3S. The lowest BCUT2D eigenvalue weighted by molar-refractivity contribution is 0.0982. The zero-order chi connectivity index (χ0) is 12.3. The van der Waals surface area contributed by atoms with Crippen molar-refractivity contribution in [2.45, 2.75) is 11.3 Å². The molecule has 2 N–H and O–H groups in total. The van der Waals surface area contributed by atoms with E-state index in [1.165, 1.54) is 18.2 Å². The Morgan fingerprint density at radius 2 is 2.06 bits per heavy atom. The van der Waals surface area contributed by atoms with Gasteiger partial charge in [0.15, 0.2) is 15.6 Å². The molecule has 0 unspecified atom stereocenters. The van der Waals surface area contributed by atoms with Crippen molar-refractivity contribution in [3.8, 4) is 0 Å². The predicted octanol–water partition coefficient (Wildman–Crippen LogP) is 1.28. The molecule has 1 aromatic rings. The van der Waals surface area contributed by atoms with Crippen LogP contribution in [0.1, 0.15) is 16.8 Å². The third-order valence-electron chi connectivity index (χ3n) is 2.03. The largest absolute Gasteiger partial charge is 0.330 e. The highest BCUT2D eigenvalue weighted by molar-refractivity contribution is 7.90. The summed E-state index contributed by atoms with van der Waals surface area (Å²) in [6.45, 7) is 0.160. The van der Waals surface area contributed by atoms with E-state index >= 15 is 0 Å². The Labute approximate surface area is 99.3 Å². The van der Waals surface area contributed by atoms with Gasteiger partial charge < -0.3 is 5.73 Å². The van der Waals surface area contributed by atoms with Gasteiger partial charge in [-0.25, -0.2) is 8.42 Å². The Bertz CT molecular complexity index is 511. The first-order valence-electron chi connectivity index (χ1n) is 4.59. The van der Waals surface area contributed by atoms with E-state index in [2.05, 4.69) is 0 Å². The van der Waals surface area contributed by atoms with Gasteiger partial charge in [0.1, 0.15) is 0 Å². The molecule has 1 rings (SSSR count). The van der Waals surface area contributed by atoms with Crippen molar-refractivity contribution in [3.05, 3.63) is 28.8 Å². The second kappa shape index (κ2) is 4.95. The number of ketones is 1. The normalized spacial score (nSPS) is 11.4. The molecule has 0 aliphatic rings. The van der Waals surface area contributed by atoms with E-state index < -0.39 is 9.84 Å². The van der Waals surface area contributed by atoms with Crippen LogP contribution in [0.25, 0.3) is 0 Å². The molecular weight excluding hydrogens is 250 g/mol. The maximum Gasteiger partial charge on any atom is 0.176 e.